The van der Waals surface area contributed by atoms with Gasteiger partial charge in [0.25, 0.3) is 6.01 Å². The van der Waals surface area contributed by atoms with Crippen LogP contribution >= 0.6 is 0 Å². The maximum absolute atomic E-state index is 11.3. The number of esters is 1. The summed E-state index contributed by atoms with van der Waals surface area (Å²) in [6, 6.07) is 0.377. The Morgan fingerprint density at radius 1 is 1.50 bits per heavy atom. The first-order valence-corrected chi connectivity index (χ1v) is 6.50. The van der Waals surface area contributed by atoms with E-state index in [1.54, 1.807) is 6.92 Å². The number of hydrogen-bond acceptors (Lipinski definition) is 5. The summed E-state index contributed by atoms with van der Waals surface area (Å²) in [6.45, 7) is 7.32. The molecule has 0 aromatic carbocycles. The lowest BCUT2D eigenvalue weighted by atomic mass is 10.1. The van der Waals surface area contributed by atoms with Gasteiger partial charge in [-0.15, -0.1) is 0 Å². The Morgan fingerprint density at radius 2 is 2.28 bits per heavy atom. The number of rotatable bonds is 8. The quantitative estimate of drug-likeness (QED) is 0.570. The molecule has 0 saturated heterocycles. The number of nitrogens with one attached hydrogen (secondary N) is 1. The van der Waals surface area contributed by atoms with Crippen molar-refractivity contribution in [3.63, 3.8) is 0 Å². The maximum atomic E-state index is 11.3. The van der Waals surface area contributed by atoms with E-state index in [0.29, 0.717) is 12.6 Å². The number of aromatic nitrogens is 1. The number of hydrogen-bond donors (Lipinski definition) is 1. The van der Waals surface area contributed by atoms with Gasteiger partial charge in [-0.3, -0.25) is 0 Å². The third-order valence-electron chi connectivity index (χ3n) is 2.47. The van der Waals surface area contributed by atoms with E-state index in [1.165, 1.54) is 19.1 Å². The summed E-state index contributed by atoms with van der Waals surface area (Å²) in [5, 5.41) is 3.05. The van der Waals surface area contributed by atoms with Crippen molar-refractivity contribution in [3.8, 4) is 0 Å². The Balaban J connectivity index is 2.25. The molecule has 1 aromatic rings. The van der Waals surface area contributed by atoms with Gasteiger partial charge < -0.3 is 14.5 Å². The van der Waals surface area contributed by atoms with Crippen LogP contribution in [-0.2, 0) is 4.74 Å². The van der Waals surface area contributed by atoms with Gasteiger partial charge in [-0.05, 0) is 19.3 Å². The van der Waals surface area contributed by atoms with Crippen LogP contribution in [0.1, 0.15) is 50.5 Å². The number of ether oxygens (including phenoxy) is 1. The molecule has 0 amide bonds. The van der Waals surface area contributed by atoms with Crippen molar-refractivity contribution in [2.75, 3.05) is 18.5 Å². The third-order valence-corrected chi connectivity index (χ3v) is 2.47. The van der Waals surface area contributed by atoms with Crippen LogP contribution < -0.4 is 5.32 Å². The summed E-state index contributed by atoms with van der Waals surface area (Å²) in [7, 11) is 0. The molecule has 102 valence electrons. The number of carbonyl (C=O) groups is 1. The number of unbranched alkanes of at least 4 members (excludes halogenated alkanes) is 1. The van der Waals surface area contributed by atoms with Gasteiger partial charge in [0.1, 0.15) is 6.26 Å². The average molecular weight is 254 g/mol. The number of oxazole rings is 1. The Hall–Kier alpha value is -1.52. The van der Waals surface area contributed by atoms with E-state index >= 15 is 0 Å². The van der Waals surface area contributed by atoms with Gasteiger partial charge in [0, 0.05) is 6.54 Å². The molecule has 0 aliphatic rings. The van der Waals surface area contributed by atoms with Crippen LogP contribution in [0.5, 0.6) is 0 Å². The first-order valence-electron chi connectivity index (χ1n) is 6.50. The summed E-state index contributed by atoms with van der Waals surface area (Å²) in [6.07, 6.45) is 4.78. The molecule has 0 aliphatic heterocycles. The van der Waals surface area contributed by atoms with Crippen molar-refractivity contribution < 1.29 is 13.9 Å². The van der Waals surface area contributed by atoms with E-state index in [0.717, 1.165) is 18.9 Å². The van der Waals surface area contributed by atoms with Gasteiger partial charge >= 0.3 is 5.97 Å². The van der Waals surface area contributed by atoms with Crippen LogP contribution in [0.15, 0.2) is 10.7 Å². The zero-order valence-corrected chi connectivity index (χ0v) is 11.4. The summed E-state index contributed by atoms with van der Waals surface area (Å²) in [4.78, 5) is 15.3. The van der Waals surface area contributed by atoms with Gasteiger partial charge in [-0.1, -0.05) is 26.7 Å². The smallest absolute Gasteiger partial charge is 0.360 e. The molecule has 1 rings (SSSR count). The van der Waals surface area contributed by atoms with Crippen molar-refractivity contribution in [3.05, 3.63) is 12.0 Å². The van der Waals surface area contributed by atoms with Crippen molar-refractivity contribution in [2.45, 2.75) is 40.0 Å². The zero-order chi connectivity index (χ0) is 13.4. The van der Waals surface area contributed by atoms with Gasteiger partial charge in [-0.2, -0.15) is 4.98 Å². The lowest BCUT2D eigenvalue weighted by Crippen LogP contribution is -2.06. The van der Waals surface area contributed by atoms with E-state index in [4.69, 9.17) is 9.15 Å². The molecular formula is C13H22N2O3. The number of carbonyl (C=O) groups excluding carboxylic acids is 1. The van der Waals surface area contributed by atoms with E-state index in [1.807, 2.05) is 0 Å². The predicted octanol–water partition coefficient (Wildman–Crippen LogP) is 3.09. The predicted molar refractivity (Wildman–Crippen MR) is 69.6 cm³/mol. The van der Waals surface area contributed by atoms with Crippen LogP contribution in [0.2, 0.25) is 0 Å². The number of nitrogens with zero attached hydrogens (tertiary/aromatic N) is 1. The van der Waals surface area contributed by atoms with Gasteiger partial charge in [0.05, 0.1) is 6.61 Å². The SMILES string of the molecule is CCOC(=O)c1coc(NCCCCC(C)C)n1. The monoisotopic (exact) mass is 254 g/mol. The fraction of sp³-hybridized carbons (Fsp3) is 0.692. The van der Waals surface area contributed by atoms with Gasteiger partial charge in [0.15, 0.2) is 5.69 Å². The van der Waals surface area contributed by atoms with Crippen LogP contribution in [0.4, 0.5) is 6.01 Å². The van der Waals surface area contributed by atoms with Crippen LogP contribution in [0.25, 0.3) is 0 Å². The average Bonchev–Trinajstić information content (AvgIpc) is 2.77. The molecule has 1 aromatic heterocycles. The second-order valence-corrected chi connectivity index (χ2v) is 4.57. The van der Waals surface area contributed by atoms with Gasteiger partial charge in [-0.25, -0.2) is 4.79 Å². The highest BCUT2D eigenvalue weighted by Gasteiger charge is 2.12. The molecule has 0 fully saturated rings. The first kappa shape index (κ1) is 14.5. The van der Waals surface area contributed by atoms with Crippen molar-refractivity contribution in [1.82, 2.24) is 4.98 Å². The summed E-state index contributed by atoms with van der Waals surface area (Å²) in [5.74, 6) is 0.288. The van der Waals surface area contributed by atoms with E-state index in [2.05, 4.69) is 24.1 Å². The minimum atomic E-state index is -0.450. The summed E-state index contributed by atoms with van der Waals surface area (Å²) < 4.78 is 9.96. The Kier molecular flexibility index (Phi) is 6.25. The topological polar surface area (TPSA) is 64.4 Å². The molecular weight excluding hydrogens is 232 g/mol. The summed E-state index contributed by atoms with van der Waals surface area (Å²) >= 11 is 0. The molecule has 18 heavy (non-hydrogen) atoms. The number of anilines is 1. The largest absolute Gasteiger partial charge is 0.461 e. The van der Waals surface area contributed by atoms with E-state index in [-0.39, 0.29) is 5.69 Å². The summed E-state index contributed by atoms with van der Waals surface area (Å²) in [5.41, 5.74) is 0.210. The Morgan fingerprint density at radius 3 is 2.94 bits per heavy atom. The third kappa shape index (κ3) is 5.21. The van der Waals surface area contributed by atoms with E-state index < -0.39 is 5.97 Å². The van der Waals surface area contributed by atoms with Crippen LogP contribution in [0, 0.1) is 5.92 Å². The molecule has 0 radical (unpaired) electrons. The zero-order valence-electron chi connectivity index (χ0n) is 11.4. The molecule has 1 heterocycles. The first-order chi connectivity index (χ1) is 8.63. The normalized spacial score (nSPS) is 10.7. The molecule has 0 unspecified atom stereocenters. The minimum Gasteiger partial charge on any atom is -0.461 e. The molecule has 0 saturated carbocycles. The molecule has 5 heteroatoms. The maximum Gasteiger partial charge on any atom is 0.360 e. The highest BCUT2D eigenvalue weighted by Crippen LogP contribution is 2.10. The van der Waals surface area contributed by atoms with Gasteiger partial charge in [0.2, 0.25) is 0 Å². The van der Waals surface area contributed by atoms with Crippen LogP contribution in [-0.4, -0.2) is 24.1 Å². The fourth-order valence-electron chi connectivity index (χ4n) is 1.53. The van der Waals surface area contributed by atoms with E-state index in [9.17, 15) is 4.79 Å². The standard InChI is InChI=1S/C13H22N2O3/c1-4-17-12(16)11-9-18-13(15-11)14-8-6-5-7-10(2)3/h9-10H,4-8H2,1-3H3,(H,14,15). The molecule has 0 bridgehead atoms. The Labute approximate surface area is 108 Å². The highest BCUT2D eigenvalue weighted by atomic mass is 16.5. The van der Waals surface area contributed by atoms with Crippen molar-refractivity contribution in [2.24, 2.45) is 5.92 Å². The highest BCUT2D eigenvalue weighted by molar-refractivity contribution is 5.87. The molecule has 0 spiro atoms. The lowest BCUT2D eigenvalue weighted by molar-refractivity contribution is 0.0519. The second kappa shape index (κ2) is 7.74. The van der Waals surface area contributed by atoms with Crippen LogP contribution in [0.3, 0.4) is 0 Å². The minimum absolute atomic E-state index is 0.210. The molecule has 0 atom stereocenters. The Bertz CT molecular complexity index is 361. The fourth-order valence-corrected chi connectivity index (χ4v) is 1.53. The molecule has 1 N–H and O–H groups in total. The lowest BCUT2D eigenvalue weighted by Gasteiger charge is -2.04. The molecule has 0 aliphatic carbocycles. The van der Waals surface area contributed by atoms with Crippen molar-refractivity contribution in [1.29, 1.82) is 0 Å². The van der Waals surface area contributed by atoms with Crippen molar-refractivity contribution >= 4 is 12.0 Å². The second-order valence-electron chi connectivity index (χ2n) is 4.57. The molecule has 5 nitrogen and oxygen atoms in total.